The highest BCUT2D eigenvalue weighted by molar-refractivity contribution is 6.34. The average molecular weight is 343 g/mol. The van der Waals surface area contributed by atoms with Crippen LogP contribution in [0.25, 0.3) is 0 Å². The number of anilines is 2. The zero-order chi connectivity index (χ0) is 17.3. The van der Waals surface area contributed by atoms with Gasteiger partial charge in [-0.3, -0.25) is 19.3 Å². The zero-order valence-corrected chi connectivity index (χ0v) is 13.8. The number of amides is 3. The van der Waals surface area contributed by atoms with Crippen molar-refractivity contribution in [3.8, 4) is 0 Å². The second-order valence-corrected chi connectivity index (χ2v) is 5.96. The largest absolute Gasteiger partial charge is 0.322 e. The third-order valence-electron chi connectivity index (χ3n) is 3.90. The summed E-state index contributed by atoms with van der Waals surface area (Å²) >= 11 is 6.04. The fourth-order valence-electron chi connectivity index (χ4n) is 2.58. The number of hydrogen-bond acceptors (Lipinski definition) is 3. The van der Waals surface area contributed by atoms with Crippen LogP contribution in [0.2, 0.25) is 5.02 Å². The molecule has 0 aromatic heterocycles. The first-order chi connectivity index (χ1) is 11.5. The summed E-state index contributed by atoms with van der Waals surface area (Å²) in [5.74, 6) is -0.806. The number of imide groups is 1. The Bertz CT molecular complexity index is 832. The van der Waals surface area contributed by atoms with E-state index in [1.165, 1.54) is 0 Å². The van der Waals surface area contributed by atoms with Gasteiger partial charge in [0.05, 0.1) is 16.3 Å². The highest BCUT2D eigenvalue weighted by Crippen LogP contribution is 2.28. The molecule has 1 fully saturated rings. The Morgan fingerprint density at radius 2 is 1.75 bits per heavy atom. The summed E-state index contributed by atoms with van der Waals surface area (Å²) < 4.78 is 0. The number of rotatable bonds is 3. The average Bonchev–Trinajstić information content (AvgIpc) is 2.89. The van der Waals surface area contributed by atoms with Gasteiger partial charge in [-0.2, -0.15) is 0 Å². The maximum absolute atomic E-state index is 12.4. The van der Waals surface area contributed by atoms with Gasteiger partial charge in [0.15, 0.2) is 0 Å². The molecule has 1 heterocycles. The lowest BCUT2D eigenvalue weighted by Crippen LogP contribution is -2.28. The van der Waals surface area contributed by atoms with Gasteiger partial charge in [0, 0.05) is 18.5 Å². The number of nitrogens with zero attached hydrogens (tertiary/aromatic N) is 1. The predicted octanol–water partition coefficient (Wildman–Crippen LogP) is 3.55. The van der Waals surface area contributed by atoms with Gasteiger partial charge in [-0.1, -0.05) is 29.8 Å². The fraction of sp³-hybridized carbons (Fsp3) is 0.167. The summed E-state index contributed by atoms with van der Waals surface area (Å²) in [6.45, 7) is 1.83. The van der Waals surface area contributed by atoms with Crippen molar-refractivity contribution < 1.29 is 14.4 Å². The van der Waals surface area contributed by atoms with Crippen molar-refractivity contribution in [2.45, 2.75) is 19.8 Å². The molecule has 24 heavy (non-hydrogen) atoms. The minimum Gasteiger partial charge on any atom is -0.322 e. The minimum atomic E-state index is -0.347. The van der Waals surface area contributed by atoms with Crippen molar-refractivity contribution in [3.63, 3.8) is 0 Å². The van der Waals surface area contributed by atoms with Gasteiger partial charge >= 0.3 is 0 Å². The summed E-state index contributed by atoms with van der Waals surface area (Å²) in [4.78, 5) is 37.3. The van der Waals surface area contributed by atoms with Crippen molar-refractivity contribution in [2.24, 2.45) is 0 Å². The van der Waals surface area contributed by atoms with Crippen LogP contribution < -0.4 is 10.2 Å². The second-order valence-electron chi connectivity index (χ2n) is 5.56. The summed E-state index contributed by atoms with van der Waals surface area (Å²) in [6.07, 6.45) is 0.433. The number of halogens is 1. The van der Waals surface area contributed by atoms with Crippen molar-refractivity contribution in [1.82, 2.24) is 0 Å². The summed E-state index contributed by atoms with van der Waals surface area (Å²) in [5.41, 5.74) is 2.17. The Kier molecular flexibility index (Phi) is 4.36. The molecule has 0 saturated carbocycles. The highest BCUT2D eigenvalue weighted by Gasteiger charge is 2.30. The molecule has 5 nitrogen and oxygen atoms in total. The van der Waals surface area contributed by atoms with E-state index in [1.807, 2.05) is 6.92 Å². The van der Waals surface area contributed by atoms with E-state index in [1.54, 1.807) is 42.5 Å². The first-order valence-electron chi connectivity index (χ1n) is 7.49. The maximum Gasteiger partial charge on any atom is 0.257 e. The van der Waals surface area contributed by atoms with Crippen LogP contribution >= 0.6 is 11.6 Å². The first-order valence-corrected chi connectivity index (χ1v) is 7.87. The monoisotopic (exact) mass is 342 g/mol. The van der Waals surface area contributed by atoms with Gasteiger partial charge in [0.2, 0.25) is 11.8 Å². The van der Waals surface area contributed by atoms with Gasteiger partial charge in [-0.25, -0.2) is 0 Å². The molecule has 1 N–H and O–H groups in total. The molecule has 6 heteroatoms. The normalized spacial score (nSPS) is 14.2. The Labute approximate surface area is 144 Å². The minimum absolute atomic E-state index is 0.216. The molecule has 0 atom stereocenters. The Balaban J connectivity index is 1.90. The molecule has 0 radical (unpaired) electrons. The van der Waals surface area contributed by atoms with Crippen LogP contribution in [0.1, 0.15) is 28.8 Å². The van der Waals surface area contributed by atoms with E-state index in [-0.39, 0.29) is 30.6 Å². The number of hydrogen-bond donors (Lipinski definition) is 1. The van der Waals surface area contributed by atoms with Gasteiger partial charge in [0.25, 0.3) is 5.91 Å². The number of benzene rings is 2. The Hall–Kier alpha value is -2.66. The molecular formula is C18H15ClN2O3. The van der Waals surface area contributed by atoms with Crippen molar-refractivity contribution in [1.29, 1.82) is 0 Å². The van der Waals surface area contributed by atoms with Gasteiger partial charge in [-0.05, 0) is 36.8 Å². The van der Waals surface area contributed by atoms with E-state index in [0.717, 1.165) is 10.5 Å². The van der Waals surface area contributed by atoms with E-state index in [2.05, 4.69) is 5.32 Å². The SMILES string of the molecule is Cc1ccc(N2C(=O)CCC2=O)cc1NC(=O)c1ccccc1Cl. The van der Waals surface area contributed by atoms with Gasteiger partial charge in [-0.15, -0.1) is 0 Å². The van der Waals surface area contributed by atoms with Crippen LogP contribution in [0.15, 0.2) is 42.5 Å². The van der Waals surface area contributed by atoms with Gasteiger partial charge < -0.3 is 5.32 Å². The summed E-state index contributed by atoms with van der Waals surface area (Å²) in [5, 5.41) is 3.14. The molecule has 0 spiro atoms. The molecule has 2 aromatic rings. The molecular weight excluding hydrogens is 328 g/mol. The predicted molar refractivity (Wildman–Crippen MR) is 92.3 cm³/mol. The molecule has 1 aliphatic heterocycles. The third kappa shape index (κ3) is 3.03. The van der Waals surface area contributed by atoms with Gasteiger partial charge in [0.1, 0.15) is 0 Å². The van der Waals surface area contributed by atoms with E-state index in [0.29, 0.717) is 22.0 Å². The molecule has 1 aliphatic rings. The molecule has 0 bridgehead atoms. The Morgan fingerprint density at radius 3 is 2.42 bits per heavy atom. The molecule has 3 amide bonds. The summed E-state index contributed by atoms with van der Waals surface area (Å²) in [7, 11) is 0. The molecule has 3 rings (SSSR count). The van der Waals surface area contributed by atoms with Crippen LogP contribution in [-0.2, 0) is 9.59 Å². The molecule has 1 saturated heterocycles. The summed E-state index contributed by atoms with van der Waals surface area (Å²) in [6, 6.07) is 11.8. The first kappa shape index (κ1) is 16.2. The van der Waals surface area contributed by atoms with E-state index in [4.69, 9.17) is 11.6 Å². The molecule has 122 valence electrons. The fourth-order valence-corrected chi connectivity index (χ4v) is 2.80. The topological polar surface area (TPSA) is 66.5 Å². The highest BCUT2D eigenvalue weighted by atomic mass is 35.5. The van der Waals surface area contributed by atoms with Crippen LogP contribution in [0.5, 0.6) is 0 Å². The third-order valence-corrected chi connectivity index (χ3v) is 4.23. The molecule has 0 unspecified atom stereocenters. The molecule has 0 aliphatic carbocycles. The Morgan fingerprint density at radius 1 is 1.08 bits per heavy atom. The van der Waals surface area contributed by atoms with Crippen molar-refractivity contribution in [3.05, 3.63) is 58.6 Å². The van der Waals surface area contributed by atoms with Crippen molar-refractivity contribution in [2.75, 3.05) is 10.2 Å². The maximum atomic E-state index is 12.4. The van der Waals surface area contributed by atoms with E-state index in [9.17, 15) is 14.4 Å². The number of carbonyl (C=O) groups excluding carboxylic acids is 3. The molecule has 2 aromatic carbocycles. The van der Waals surface area contributed by atoms with E-state index >= 15 is 0 Å². The zero-order valence-electron chi connectivity index (χ0n) is 13.0. The quantitative estimate of drug-likeness (QED) is 0.867. The second kappa shape index (κ2) is 6.45. The lowest BCUT2D eigenvalue weighted by atomic mass is 10.1. The lowest BCUT2D eigenvalue weighted by molar-refractivity contribution is -0.121. The standard InChI is InChI=1S/C18H15ClN2O3/c1-11-6-7-12(21-16(22)8-9-17(21)23)10-15(11)20-18(24)13-4-2-3-5-14(13)19/h2-7,10H,8-9H2,1H3,(H,20,24). The number of nitrogens with one attached hydrogen (secondary N) is 1. The van der Waals surface area contributed by atoms with Crippen LogP contribution in [-0.4, -0.2) is 17.7 Å². The van der Waals surface area contributed by atoms with E-state index < -0.39 is 0 Å². The smallest absolute Gasteiger partial charge is 0.257 e. The number of carbonyl (C=O) groups is 3. The van der Waals surface area contributed by atoms with Crippen molar-refractivity contribution >= 4 is 40.7 Å². The van der Waals surface area contributed by atoms with Crippen LogP contribution in [0, 0.1) is 6.92 Å². The van der Waals surface area contributed by atoms with Crippen LogP contribution in [0.4, 0.5) is 11.4 Å². The van der Waals surface area contributed by atoms with Crippen LogP contribution in [0.3, 0.4) is 0 Å². The number of aryl methyl sites for hydroxylation is 1. The lowest BCUT2D eigenvalue weighted by Gasteiger charge is -2.17.